The van der Waals surface area contributed by atoms with Crippen molar-refractivity contribution in [2.24, 2.45) is 0 Å². The molecule has 4 aromatic rings. The van der Waals surface area contributed by atoms with Gasteiger partial charge in [-0.25, -0.2) is 14.0 Å². The molecule has 0 fully saturated rings. The van der Waals surface area contributed by atoms with Crippen LogP contribution in [0.2, 0.25) is 10.0 Å². The third kappa shape index (κ3) is 4.64. The Bertz CT molecular complexity index is 1710. The number of benzene rings is 3. The predicted octanol–water partition coefficient (Wildman–Crippen LogP) is 4.06. The van der Waals surface area contributed by atoms with Gasteiger partial charge in [-0.3, -0.25) is 14.6 Å². The summed E-state index contributed by atoms with van der Waals surface area (Å²) in [6.07, 6.45) is 0.517. The molecule has 2 heterocycles. The maximum Gasteiger partial charge on any atom is 0.362 e. The largest absolute Gasteiger partial charge is 0.476 e. The summed E-state index contributed by atoms with van der Waals surface area (Å²) < 4.78 is 19.8. The number of carboxylic acid groups (broad SMARTS) is 1. The van der Waals surface area contributed by atoms with Crippen molar-refractivity contribution in [3.8, 4) is 17.2 Å². The van der Waals surface area contributed by atoms with E-state index >= 15 is 0 Å². The zero-order valence-electron chi connectivity index (χ0n) is 19.1. The van der Waals surface area contributed by atoms with E-state index in [1.54, 1.807) is 35.2 Å². The normalized spacial score (nSPS) is 12.8. The quantitative estimate of drug-likeness (QED) is 0.378. The number of carbonyl (C=O) groups is 2. The highest BCUT2D eigenvalue weighted by atomic mass is 35.5. The third-order valence-corrected chi connectivity index (χ3v) is 6.33. The van der Waals surface area contributed by atoms with Crippen LogP contribution in [0.15, 0.2) is 64.2 Å². The Balaban J connectivity index is 1.42. The number of carbonyl (C=O) groups excluding carboxylic acids is 1. The van der Waals surface area contributed by atoms with Crippen LogP contribution in [-0.2, 0) is 6.42 Å². The minimum absolute atomic E-state index is 0.00646. The maximum absolute atomic E-state index is 13.3. The van der Waals surface area contributed by atoms with E-state index in [2.05, 4.69) is 5.10 Å². The molecule has 5 rings (SSSR count). The van der Waals surface area contributed by atoms with Crippen molar-refractivity contribution >= 4 is 40.8 Å². The van der Waals surface area contributed by atoms with Gasteiger partial charge in [-0.05, 0) is 66.6 Å². The highest BCUT2D eigenvalue weighted by Gasteiger charge is 2.26. The highest BCUT2D eigenvalue weighted by molar-refractivity contribution is 6.37. The lowest BCUT2D eigenvalue weighted by molar-refractivity contribution is 0.0685. The van der Waals surface area contributed by atoms with E-state index in [1.165, 1.54) is 24.3 Å². The lowest BCUT2D eigenvalue weighted by Gasteiger charge is -2.29. The monoisotopic (exact) mass is 556 g/mol. The lowest BCUT2D eigenvalue weighted by Crippen LogP contribution is -2.37. The fraction of sp³-hybridized carbons (Fsp3) is 0.0800. The van der Waals surface area contributed by atoms with Crippen molar-refractivity contribution in [3.63, 3.8) is 0 Å². The maximum atomic E-state index is 13.3. The molecule has 0 bridgehead atoms. The molecule has 13 heteroatoms. The van der Waals surface area contributed by atoms with Gasteiger partial charge in [0.05, 0.1) is 15.7 Å². The van der Waals surface area contributed by atoms with Crippen molar-refractivity contribution < 1.29 is 23.8 Å². The van der Waals surface area contributed by atoms with Crippen LogP contribution in [0, 0.1) is 5.82 Å². The Morgan fingerprint density at radius 2 is 1.68 bits per heavy atom. The van der Waals surface area contributed by atoms with E-state index in [-0.39, 0.29) is 27.4 Å². The summed E-state index contributed by atoms with van der Waals surface area (Å²) in [6, 6.07) is 13.1. The van der Waals surface area contributed by atoms with Gasteiger partial charge in [0.1, 0.15) is 11.6 Å². The number of aromatic amines is 1. The van der Waals surface area contributed by atoms with Crippen molar-refractivity contribution in [2.45, 2.75) is 6.42 Å². The molecule has 0 saturated heterocycles. The summed E-state index contributed by atoms with van der Waals surface area (Å²) in [5, 5.41) is 12.6. The second kappa shape index (κ2) is 9.77. The number of nitrogens with zero attached hydrogens (tertiary/aromatic N) is 3. The molecule has 0 unspecified atom stereocenters. The van der Waals surface area contributed by atoms with Gasteiger partial charge >= 0.3 is 11.7 Å². The van der Waals surface area contributed by atoms with Crippen molar-refractivity contribution in [1.82, 2.24) is 14.8 Å². The lowest BCUT2D eigenvalue weighted by atomic mass is 9.98. The molecule has 3 aromatic carbocycles. The number of H-pyrrole nitrogens is 1. The number of ether oxygens (including phenoxy) is 1. The first-order chi connectivity index (χ1) is 18.1. The van der Waals surface area contributed by atoms with Crippen LogP contribution in [0.1, 0.15) is 26.4 Å². The summed E-state index contributed by atoms with van der Waals surface area (Å²) in [6.45, 7) is 0.385. The number of amides is 1. The van der Waals surface area contributed by atoms with E-state index in [0.717, 1.165) is 5.56 Å². The van der Waals surface area contributed by atoms with Gasteiger partial charge in [-0.1, -0.05) is 23.2 Å². The van der Waals surface area contributed by atoms with Crippen LogP contribution < -0.4 is 20.9 Å². The highest BCUT2D eigenvalue weighted by Crippen LogP contribution is 2.39. The van der Waals surface area contributed by atoms with Crippen molar-refractivity contribution in [3.05, 3.63) is 108 Å². The van der Waals surface area contributed by atoms with E-state index in [1.807, 2.05) is 4.98 Å². The Morgan fingerprint density at radius 1 is 1.00 bits per heavy atom. The van der Waals surface area contributed by atoms with Gasteiger partial charge in [0.15, 0.2) is 5.75 Å². The third-order valence-electron chi connectivity index (χ3n) is 5.77. The van der Waals surface area contributed by atoms with Gasteiger partial charge in [-0.15, -0.1) is 0 Å². The van der Waals surface area contributed by atoms with Crippen LogP contribution >= 0.6 is 23.2 Å². The number of nitrogens with one attached hydrogen (secondary N) is 1. The molecular formula is C25H15Cl2FN4O6. The molecule has 1 aliphatic heterocycles. The van der Waals surface area contributed by atoms with Gasteiger partial charge in [0.25, 0.3) is 11.5 Å². The second-order valence-electron chi connectivity index (χ2n) is 8.17. The molecule has 38 heavy (non-hydrogen) atoms. The van der Waals surface area contributed by atoms with Gasteiger partial charge in [-0.2, -0.15) is 9.78 Å². The Morgan fingerprint density at radius 3 is 2.34 bits per heavy atom. The number of aromatic carboxylic acids is 1. The number of anilines is 1. The molecule has 0 spiro atoms. The summed E-state index contributed by atoms with van der Waals surface area (Å²) >= 11 is 12.7. The smallest absolute Gasteiger partial charge is 0.362 e. The topological polar surface area (TPSA) is 135 Å². The van der Waals surface area contributed by atoms with Crippen LogP contribution in [0.25, 0.3) is 5.69 Å². The summed E-state index contributed by atoms with van der Waals surface area (Å²) in [5.41, 5.74) is -1.24. The van der Waals surface area contributed by atoms with Gasteiger partial charge in [0.2, 0.25) is 5.69 Å². The zero-order chi connectivity index (χ0) is 27.1. The number of hydrogen-bond donors (Lipinski definition) is 2. The molecule has 192 valence electrons. The van der Waals surface area contributed by atoms with Crippen LogP contribution in [-0.4, -0.2) is 38.3 Å². The number of carboxylic acids is 1. The average molecular weight is 557 g/mol. The van der Waals surface area contributed by atoms with Crippen LogP contribution in [0.4, 0.5) is 10.1 Å². The Labute approximate surface area is 222 Å². The molecule has 2 N–H and O–H groups in total. The van der Waals surface area contributed by atoms with E-state index < -0.39 is 28.7 Å². The molecule has 10 nitrogen and oxygen atoms in total. The predicted molar refractivity (Wildman–Crippen MR) is 136 cm³/mol. The van der Waals surface area contributed by atoms with E-state index in [9.17, 15) is 23.6 Å². The first kappa shape index (κ1) is 25.2. The second-order valence-corrected chi connectivity index (χ2v) is 8.98. The van der Waals surface area contributed by atoms with Gasteiger partial charge in [0, 0.05) is 17.8 Å². The Kier molecular flexibility index (Phi) is 6.47. The number of halogens is 3. The van der Waals surface area contributed by atoms with Crippen LogP contribution in [0.5, 0.6) is 11.5 Å². The SMILES string of the molecule is O=C(O)c1nn(-c2cc(Cl)c(Oc3ccc4c(c3)CCN(c3ccc(F)cc3)C4=O)c(Cl)c2)c(=O)[nH]c1=O. The van der Waals surface area contributed by atoms with E-state index in [0.29, 0.717) is 34.6 Å². The molecule has 0 atom stereocenters. The molecule has 0 saturated carbocycles. The average Bonchev–Trinajstić information content (AvgIpc) is 2.87. The molecule has 1 aromatic heterocycles. The fourth-order valence-corrected chi connectivity index (χ4v) is 4.55. The van der Waals surface area contributed by atoms with Crippen LogP contribution in [0.3, 0.4) is 0 Å². The first-order valence-electron chi connectivity index (χ1n) is 11.0. The first-order valence-corrected chi connectivity index (χ1v) is 11.7. The molecular weight excluding hydrogens is 542 g/mol. The Hall–Kier alpha value is -4.48. The number of aromatic nitrogens is 3. The number of rotatable bonds is 5. The van der Waals surface area contributed by atoms with Crippen molar-refractivity contribution in [1.29, 1.82) is 0 Å². The molecule has 0 aliphatic carbocycles. The molecule has 1 amide bonds. The number of fused-ring (bicyclic) bond motifs is 1. The fourth-order valence-electron chi connectivity index (χ4n) is 3.99. The van der Waals surface area contributed by atoms with Crippen molar-refractivity contribution in [2.75, 3.05) is 11.4 Å². The zero-order valence-corrected chi connectivity index (χ0v) is 20.6. The molecule has 1 aliphatic rings. The molecule has 0 radical (unpaired) electrons. The van der Waals surface area contributed by atoms with Gasteiger partial charge < -0.3 is 14.7 Å². The number of hydrogen-bond acceptors (Lipinski definition) is 6. The minimum Gasteiger partial charge on any atom is -0.476 e. The summed E-state index contributed by atoms with van der Waals surface area (Å²) in [4.78, 5) is 51.5. The van der Waals surface area contributed by atoms with E-state index in [4.69, 9.17) is 33.0 Å². The minimum atomic E-state index is -1.62. The summed E-state index contributed by atoms with van der Waals surface area (Å²) in [7, 11) is 0. The summed E-state index contributed by atoms with van der Waals surface area (Å²) in [5.74, 6) is -1.86. The standard InChI is InChI=1S/C25H15Cl2FN4O6/c26-18-10-15(32-25(37)29-22(33)20(30-32)24(35)36)11-19(27)21(18)38-16-5-6-17-12(9-16)7-8-31(23(17)34)14-3-1-13(28)2-4-14/h1-6,9-11H,7-8H2,(H,35,36)(H,29,33,37).